The first-order chi connectivity index (χ1) is 6.81. The third kappa shape index (κ3) is 1.46. The molecule has 0 aliphatic heterocycles. The molecule has 0 N–H and O–H groups in total. The summed E-state index contributed by atoms with van der Waals surface area (Å²) in [5, 5.41) is 2.04. The summed E-state index contributed by atoms with van der Waals surface area (Å²) in [6.07, 6.45) is 0. The largest absolute Gasteiger partial charge is 0.493 e. The molecule has 2 heteroatoms. The van der Waals surface area contributed by atoms with Crippen LogP contribution in [0.4, 0.5) is 0 Å². The van der Waals surface area contributed by atoms with Crippen LogP contribution in [-0.2, 0) is 0 Å². The molecule has 0 bridgehead atoms. The number of benzene rings is 1. The first-order valence-corrected chi connectivity index (χ1v) is 4.38. The Morgan fingerprint density at radius 1 is 1.00 bits per heavy atom. The summed E-state index contributed by atoms with van der Waals surface area (Å²) < 4.78 is 5.00. The van der Waals surface area contributed by atoms with E-state index in [4.69, 9.17) is 4.74 Å². The zero-order chi connectivity index (χ0) is 9.97. The molecule has 0 radical (unpaired) electrons. The molecule has 0 saturated heterocycles. The van der Waals surface area contributed by atoms with Gasteiger partial charge in [-0.25, -0.2) is 0 Å². The van der Waals surface area contributed by atoms with Crippen LogP contribution >= 0.6 is 0 Å². The minimum atomic E-state index is -0.0938. The number of fused-ring (bicyclic) bond motifs is 1. The molecule has 2 rings (SSSR count). The number of rotatable bonds is 1. The Morgan fingerprint density at radius 2 is 1.71 bits per heavy atom. The molecule has 2 aromatic carbocycles. The van der Waals surface area contributed by atoms with Crippen LogP contribution in [-0.4, -0.2) is 7.11 Å². The summed E-state index contributed by atoms with van der Waals surface area (Å²) in [5.41, 5.74) is -0.0938. The average Bonchev–Trinajstić information content (AvgIpc) is 2.38. The summed E-state index contributed by atoms with van der Waals surface area (Å²) >= 11 is 0. The first-order valence-electron chi connectivity index (χ1n) is 4.38. The second kappa shape index (κ2) is 3.50. The van der Waals surface area contributed by atoms with Gasteiger partial charge in [0.05, 0.1) is 7.11 Å². The maximum absolute atomic E-state index is 11.4. The van der Waals surface area contributed by atoms with E-state index in [1.165, 1.54) is 13.2 Å². The zero-order valence-electron chi connectivity index (χ0n) is 7.86. The van der Waals surface area contributed by atoms with E-state index in [-0.39, 0.29) is 5.43 Å². The van der Waals surface area contributed by atoms with Crippen molar-refractivity contribution in [3.63, 3.8) is 0 Å². The minimum Gasteiger partial charge on any atom is -0.493 e. The molecule has 2 nitrogen and oxygen atoms in total. The van der Waals surface area contributed by atoms with Crippen molar-refractivity contribution >= 4 is 10.8 Å². The maximum Gasteiger partial charge on any atom is 0.220 e. The van der Waals surface area contributed by atoms with Gasteiger partial charge >= 0.3 is 0 Å². The highest BCUT2D eigenvalue weighted by Crippen LogP contribution is 2.14. The smallest absolute Gasteiger partial charge is 0.220 e. The van der Waals surface area contributed by atoms with Crippen molar-refractivity contribution in [3.8, 4) is 5.75 Å². The second-order valence-electron chi connectivity index (χ2n) is 3.04. The number of ether oxygens (including phenoxy) is 1. The van der Waals surface area contributed by atoms with Gasteiger partial charge in [-0.05, 0) is 22.9 Å². The fraction of sp³-hybridized carbons (Fsp3) is 0.0833. The van der Waals surface area contributed by atoms with Crippen molar-refractivity contribution < 1.29 is 4.74 Å². The van der Waals surface area contributed by atoms with Gasteiger partial charge in [-0.2, -0.15) is 0 Å². The Hall–Kier alpha value is -1.83. The molecule has 14 heavy (non-hydrogen) atoms. The predicted octanol–water partition coefficient (Wildman–Crippen LogP) is 2.21. The van der Waals surface area contributed by atoms with E-state index in [0.29, 0.717) is 5.75 Å². The van der Waals surface area contributed by atoms with Gasteiger partial charge in [-0.1, -0.05) is 30.3 Å². The summed E-state index contributed by atoms with van der Waals surface area (Å²) in [6.45, 7) is 0. The van der Waals surface area contributed by atoms with Crippen LogP contribution in [0.5, 0.6) is 5.75 Å². The third-order valence-electron chi connectivity index (χ3n) is 2.16. The number of hydrogen-bond acceptors (Lipinski definition) is 2. The SMILES string of the molecule is COc1cc2ccccc2ccc1=O. The second-order valence-corrected chi connectivity index (χ2v) is 3.04. The molecular weight excluding hydrogens is 176 g/mol. The van der Waals surface area contributed by atoms with Crippen LogP contribution in [0.15, 0.2) is 47.3 Å². The van der Waals surface area contributed by atoms with E-state index in [9.17, 15) is 4.79 Å². The van der Waals surface area contributed by atoms with Gasteiger partial charge in [0.15, 0.2) is 5.75 Å². The topological polar surface area (TPSA) is 26.3 Å². The Bertz CT molecular complexity index is 518. The highest BCUT2D eigenvalue weighted by Gasteiger charge is 1.97. The average molecular weight is 186 g/mol. The van der Waals surface area contributed by atoms with Crippen LogP contribution < -0.4 is 10.2 Å². The molecule has 0 heterocycles. The fourth-order valence-electron chi connectivity index (χ4n) is 1.41. The van der Waals surface area contributed by atoms with Crippen LogP contribution in [0.1, 0.15) is 0 Å². The van der Waals surface area contributed by atoms with Gasteiger partial charge in [-0.3, -0.25) is 4.79 Å². The molecule has 0 spiro atoms. The molecule has 0 unspecified atom stereocenters. The van der Waals surface area contributed by atoms with Gasteiger partial charge in [-0.15, -0.1) is 0 Å². The third-order valence-corrected chi connectivity index (χ3v) is 2.16. The predicted molar refractivity (Wildman–Crippen MR) is 56.8 cm³/mol. The molecule has 0 aliphatic rings. The van der Waals surface area contributed by atoms with Crippen LogP contribution in [0, 0.1) is 0 Å². The zero-order valence-corrected chi connectivity index (χ0v) is 7.86. The lowest BCUT2D eigenvalue weighted by atomic mass is 10.2. The van der Waals surface area contributed by atoms with Crippen molar-refractivity contribution in [3.05, 3.63) is 52.7 Å². The number of hydrogen-bond donors (Lipinski definition) is 0. The van der Waals surface area contributed by atoms with E-state index >= 15 is 0 Å². The van der Waals surface area contributed by atoms with E-state index in [2.05, 4.69) is 0 Å². The molecule has 0 aliphatic carbocycles. The van der Waals surface area contributed by atoms with Crippen molar-refractivity contribution in [2.24, 2.45) is 0 Å². The molecule has 0 aromatic heterocycles. The quantitative estimate of drug-likeness (QED) is 0.682. The highest BCUT2D eigenvalue weighted by molar-refractivity contribution is 5.82. The molecular formula is C12H10O2. The Labute approximate surface area is 81.8 Å². The summed E-state index contributed by atoms with van der Waals surface area (Å²) in [7, 11) is 1.51. The molecule has 0 fully saturated rings. The van der Waals surface area contributed by atoms with Crippen molar-refractivity contribution in [2.75, 3.05) is 7.11 Å². The molecule has 70 valence electrons. The lowest BCUT2D eigenvalue weighted by Crippen LogP contribution is -1.99. The molecule has 0 atom stereocenters. The standard InChI is InChI=1S/C12H10O2/c1-14-12-8-10-5-3-2-4-9(10)6-7-11(12)13/h2-8H,1H3. The maximum atomic E-state index is 11.4. The van der Waals surface area contributed by atoms with Gasteiger partial charge in [0.25, 0.3) is 0 Å². The lowest BCUT2D eigenvalue weighted by molar-refractivity contribution is 0.412. The molecule has 2 aromatic rings. The van der Waals surface area contributed by atoms with Gasteiger partial charge in [0.1, 0.15) is 0 Å². The van der Waals surface area contributed by atoms with Crippen molar-refractivity contribution in [2.45, 2.75) is 0 Å². The van der Waals surface area contributed by atoms with Crippen molar-refractivity contribution in [1.82, 2.24) is 0 Å². The Morgan fingerprint density at radius 3 is 2.43 bits per heavy atom. The normalized spacial score (nSPS) is 10.1. The monoisotopic (exact) mass is 186 g/mol. The molecule has 0 amide bonds. The van der Waals surface area contributed by atoms with Gasteiger partial charge < -0.3 is 4.74 Å². The van der Waals surface area contributed by atoms with E-state index in [1.807, 2.05) is 24.3 Å². The lowest BCUT2D eigenvalue weighted by Gasteiger charge is -1.93. The van der Waals surface area contributed by atoms with E-state index < -0.39 is 0 Å². The Balaban J connectivity index is 2.88. The van der Waals surface area contributed by atoms with Crippen molar-refractivity contribution in [1.29, 1.82) is 0 Å². The van der Waals surface area contributed by atoms with Gasteiger partial charge in [0, 0.05) is 0 Å². The summed E-state index contributed by atoms with van der Waals surface area (Å²) in [4.78, 5) is 11.4. The van der Waals surface area contributed by atoms with Crippen LogP contribution in [0.25, 0.3) is 10.8 Å². The van der Waals surface area contributed by atoms with Crippen LogP contribution in [0.3, 0.4) is 0 Å². The number of methoxy groups -OCH3 is 1. The fourth-order valence-corrected chi connectivity index (χ4v) is 1.41. The van der Waals surface area contributed by atoms with Gasteiger partial charge in [0.2, 0.25) is 5.43 Å². The van der Waals surface area contributed by atoms with Crippen LogP contribution in [0.2, 0.25) is 0 Å². The minimum absolute atomic E-state index is 0.0938. The van der Waals surface area contributed by atoms with E-state index in [1.54, 1.807) is 12.1 Å². The highest BCUT2D eigenvalue weighted by atomic mass is 16.5. The van der Waals surface area contributed by atoms with E-state index in [0.717, 1.165) is 10.8 Å². The molecule has 0 saturated carbocycles. The summed E-state index contributed by atoms with van der Waals surface area (Å²) in [5.74, 6) is 0.381. The summed E-state index contributed by atoms with van der Waals surface area (Å²) in [6, 6.07) is 12.9. The Kier molecular flexibility index (Phi) is 2.19. The first kappa shape index (κ1) is 8.75.